The zero-order valence-electron chi connectivity index (χ0n) is 13.1. The molecular formula is C17H25NO3. The number of hydrogen-bond acceptors (Lipinski definition) is 2. The number of benzene rings is 1. The Balaban J connectivity index is 2.68. The van der Waals surface area contributed by atoms with E-state index in [2.05, 4.69) is 5.32 Å². The molecule has 0 heterocycles. The van der Waals surface area contributed by atoms with Crippen molar-refractivity contribution in [3.63, 3.8) is 0 Å². The maximum absolute atomic E-state index is 12.2. The lowest BCUT2D eigenvalue weighted by Crippen LogP contribution is -2.49. The predicted molar refractivity (Wildman–Crippen MR) is 83.2 cm³/mol. The van der Waals surface area contributed by atoms with Crippen LogP contribution in [-0.4, -0.2) is 22.5 Å². The minimum Gasteiger partial charge on any atom is -0.481 e. The molecule has 0 radical (unpaired) electrons. The molecule has 0 bridgehead atoms. The second kappa shape index (κ2) is 7.81. The molecule has 0 spiro atoms. The van der Waals surface area contributed by atoms with Crippen molar-refractivity contribution in [1.29, 1.82) is 0 Å². The molecule has 21 heavy (non-hydrogen) atoms. The first kappa shape index (κ1) is 17.2. The molecule has 2 N–H and O–H groups in total. The SMILES string of the molecule is CCC(CC)(CC(=O)O)NC(=O)CC(C)c1ccccc1. The zero-order valence-corrected chi connectivity index (χ0v) is 13.1. The minimum absolute atomic E-state index is 0.0363. The summed E-state index contributed by atoms with van der Waals surface area (Å²) in [5.74, 6) is -0.853. The van der Waals surface area contributed by atoms with E-state index in [0.29, 0.717) is 19.3 Å². The molecule has 1 aromatic rings. The Hall–Kier alpha value is -1.84. The van der Waals surface area contributed by atoms with E-state index < -0.39 is 11.5 Å². The average molecular weight is 291 g/mol. The summed E-state index contributed by atoms with van der Waals surface area (Å²) in [5.41, 5.74) is 0.476. The van der Waals surface area contributed by atoms with E-state index in [1.54, 1.807) is 0 Å². The number of hydrogen-bond donors (Lipinski definition) is 2. The average Bonchev–Trinajstić information content (AvgIpc) is 2.46. The van der Waals surface area contributed by atoms with Crippen molar-refractivity contribution < 1.29 is 14.7 Å². The van der Waals surface area contributed by atoms with Gasteiger partial charge in [-0.3, -0.25) is 9.59 Å². The first-order chi connectivity index (χ1) is 9.92. The van der Waals surface area contributed by atoms with Crippen LogP contribution in [0.1, 0.15) is 57.9 Å². The summed E-state index contributed by atoms with van der Waals surface area (Å²) < 4.78 is 0. The third-order valence-electron chi connectivity index (χ3n) is 4.11. The highest BCUT2D eigenvalue weighted by Crippen LogP contribution is 2.23. The highest BCUT2D eigenvalue weighted by Gasteiger charge is 2.31. The number of amides is 1. The normalized spacial score (nSPS) is 12.7. The van der Waals surface area contributed by atoms with Crippen molar-refractivity contribution >= 4 is 11.9 Å². The van der Waals surface area contributed by atoms with Crippen molar-refractivity contribution in [2.75, 3.05) is 0 Å². The van der Waals surface area contributed by atoms with E-state index in [-0.39, 0.29) is 18.2 Å². The fraction of sp³-hybridized carbons (Fsp3) is 0.529. The van der Waals surface area contributed by atoms with Crippen LogP contribution in [-0.2, 0) is 9.59 Å². The van der Waals surface area contributed by atoms with Crippen LogP contribution in [0, 0.1) is 0 Å². The Bertz CT molecular complexity index is 466. The fourth-order valence-electron chi connectivity index (χ4n) is 2.53. The van der Waals surface area contributed by atoms with Gasteiger partial charge >= 0.3 is 5.97 Å². The maximum atomic E-state index is 12.2. The minimum atomic E-state index is -0.880. The van der Waals surface area contributed by atoms with Gasteiger partial charge in [0.25, 0.3) is 0 Å². The Morgan fingerprint density at radius 1 is 1.19 bits per heavy atom. The number of carboxylic acid groups (broad SMARTS) is 1. The molecule has 4 nitrogen and oxygen atoms in total. The molecule has 1 amide bonds. The van der Waals surface area contributed by atoms with Crippen LogP contribution in [0.25, 0.3) is 0 Å². The quantitative estimate of drug-likeness (QED) is 0.772. The van der Waals surface area contributed by atoms with E-state index >= 15 is 0 Å². The van der Waals surface area contributed by atoms with E-state index in [1.807, 2.05) is 51.1 Å². The molecule has 116 valence electrons. The lowest BCUT2D eigenvalue weighted by molar-refractivity contribution is -0.139. The fourth-order valence-corrected chi connectivity index (χ4v) is 2.53. The second-order valence-electron chi connectivity index (χ2n) is 5.62. The van der Waals surface area contributed by atoms with Crippen molar-refractivity contribution in [3.05, 3.63) is 35.9 Å². The molecule has 0 aromatic heterocycles. The number of nitrogens with one attached hydrogen (secondary N) is 1. The van der Waals surface area contributed by atoms with Crippen LogP contribution >= 0.6 is 0 Å². The summed E-state index contributed by atoms with van der Waals surface area (Å²) in [6, 6.07) is 9.86. The Kier molecular flexibility index (Phi) is 6.40. The summed E-state index contributed by atoms with van der Waals surface area (Å²) in [6.07, 6.45) is 1.55. The standard InChI is InChI=1S/C17H25NO3/c1-4-17(5-2,12-16(20)21)18-15(19)11-13(3)14-9-7-6-8-10-14/h6-10,13H,4-5,11-12H2,1-3H3,(H,18,19)(H,20,21). The monoisotopic (exact) mass is 291 g/mol. The van der Waals surface area contributed by atoms with Crippen LogP contribution in [0.4, 0.5) is 0 Å². The number of carbonyl (C=O) groups is 2. The van der Waals surface area contributed by atoms with Crippen molar-refractivity contribution in [2.45, 2.75) is 57.9 Å². The second-order valence-corrected chi connectivity index (χ2v) is 5.62. The number of carboxylic acids is 1. The lowest BCUT2D eigenvalue weighted by Gasteiger charge is -2.32. The van der Waals surface area contributed by atoms with Crippen molar-refractivity contribution in [2.24, 2.45) is 0 Å². The number of aliphatic carboxylic acids is 1. The molecule has 0 fully saturated rings. The summed E-state index contributed by atoms with van der Waals surface area (Å²) in [5, 5.41) is 12.0. The number of carbonyl (C=O) groups excluding carboxylic acids is 1. The van der Waals surface area contributed by atoms with Crippen molar-refractivity contribution in [3.8, 4) is 0 Å². The van der Waals surface area contributed by atoms with Gasteiger partial charge in [-0.05, 0) is 24.3 Å². The number of rotatable bonds is 8. The summed E-state index contributed by atoms with van der Waals surface area (Å²) in [7, 11) is 0. The lowest BCUT2D eigenvalue weighted by atomic mass is 9.88. The van der Waals surface area contributed by atoms with Crippen LogP contribution in [0.5, 0.6) is 0 Å². The Morgan fingerprint density at radius 3 is 2.24 bits per heavy atom. The van der Waals surface area contributed by atoms with Crippen LogP contribution in [0.15, 0.2) is 30.3 Å². The zero-order chi connectivity index (χ0) is 15.9. The largest absolute Gasteiger partial charge is 0.481 e. The van der Waals surface area contributed by atoms with E-state index in [0.717, 1.165) is 5.56 Å². The Labute approximate surface area is 126 Å². The van der Waals surface area contributed by atoms with Crippen LogP contribution < -0.4 is 5.32 Å². The highest BCUT2D eigenvalue weighted by molar-refractivity contribution is 5.79. The highest BCUT2D eigenvalue weighted by atomic mass is 16.4. The predicted octanol–water partition coefficient (Wildman–Crippen LogP) is 3.33. The summed E-state index contributed by atoms with van der Waals surface area (Å²) in [4.78, 5) is 23.2. The van der Waals surface area contributed by atoms with Crippen LogP contribution in [0.2, 0.25) is 0 Å². The van der Waals surface area contributed by atoms with Crippen LogP contribution in [0.3, 0.4) is 0 Å². The molecule has 1 unspecified atom stereocenters. The Morgan fingerprint density at radius 2 is 1.76 bits per heavy atom. The molecule has 0 saturated carbocycles. The van der Waals surface area contributed by atoms with Gasteiger partial charge in [-0.1, -0.05) is 51.1 Å². The van der Waals surface area contributed by atoms with Gasteiger partial charge in [0.15, 0.2) is 0 Å². The molecule has 0 aliphatic heterocycles. The van der Waals surface area contributed by atoms with Gasteiger partial charge in [-0.2, -0.15) is 0 Å². The van der Waals surface area contributed by atoms with Gasteiger partial charge in [0.05, 0.1) is 6.42 Å². The van der Waals surface area contributed by atoms with E-state index in [9.17, 15) is 9.59 Å². The van der Waals surface area contributed by atoms with Gasteiger partial charge < -0.3 is 10.4 Å². The van der Waals surface area contributed by atoms with E-state index in [1.165, 1.54) is 0 Å². The topological polar surface area (TPSA) is 66.4 Å². The molecule has 0 aliphatic carbocycles. The maximum Gasteiger partial charge on any atom is 0.305 e. The van der Waals surface area contributed by atoms with Gasteiger partial charge in [-0.15, -0.1) is 0 Å². The smallest absolute Gasteiger partial charge is 0.305 e. The van der Waals surface area contributed by atoms with Gasteiger partial charge in [0.1, 0.15) is 0 Å². The molecule has 1 aromatic carbocycles. The first-order valence-corrected chi connectivity index (χ1v) is 7.50. The third-order valence-corrected chi connectivity index (χ3v) is 4.11. The third kappa shape index (κ3) is 5.21. The van der Waals surface area contributed by atoms with Gasteiger partial charge in [0.2, 0.25) is 5.91 Å². The molecule has 4 heteroatoms. The van der Waals surface area contributed by atoms with E-state index in [4.69, 9.17) is 5.11 Å². The van der Waals surface area contributed by atoms with Gasteiger partial charge in [0, 0.05) is 12.0 Å². The van der Waals surface area contributed by atoms with Crippen molar-refractivity contribution in [1.82, 2.24) is 5.32 Å². The molecule has 1 atom stereocenters. The van der Waals surface area contributed by atoms with Gasteiger partial charge in [-0.25, -0.2) is 0 Å². The summed E-state index contributed by atoms with van der Waals surface area (Å²) >= 11 is 0. The molecule has 0 aliphatic rings. The first-order valence-electron chi connectivity index (χ1n) is 7.50. The molecule has 0 saturated heterocycles. The summed E-state index contributed by atoms with van der Waals surface area (Å²) in [6.45, 7) is 5.83. The molecule has 1 rings (SSSR count). The molecular weight excluding hydrogens is 266 g/mol.